The molecule has 22 aromatic rings. The van der Waals surface area contributed by atoms with Crippen molar-refractivity contribution >= 4 is 115 Å². The quantitative estimate of drug-likeness (QED) is 0.128. The Morgan fingerprint density at radius 1 is 0.265 bits per heavy atom. The second kappa shape index (κ2) is 26.2. The summed E-state index contributed by atoms with van der Waals surface area (Å²) >= 11 is 0. The van der Waals surface area contributed by atoms with Crippen LogP contribution in [-0.4, -0.2) is 33.3 Å². The zero-order chi connectivity index (χ0) is 74.8. The average Bonchev–Trinajstić information content (AvgIpc) is 1.63. The van der Waals surface area contributed by atoms with Crippen molar-refractivity contribution in [3.05, 3.63) is 400 Å². The van der Waals surface area contributed by atoms with Gasteiger partial charge in [0.05, 0.1) is 44.5 Å². The molecule has 0 radical (unpaired) electrons. The maximum absolute atomic E-state index is 5.13. The van der Waals surface area contributed by atoms with Crippen molar-refractivity contribution in [2.45, 2.75) is 19.3 Å². The fourth-order valence-corrected chi connectivity index (χ4v) is 17.9. The highest BCUT2D eigenvalue weighted by Gasteiger charge is 2.36. The van der Waals surface area contributed by atoms with E-state index in [2.05, 4.69) is 388 Å². The summed E-state index contributed by atoms with van der Waals surface area (Å²) in [5, 5.41) is 11.9. The van der Waals surface area contributed by atoms with Crippen molar-refractivity contribution < 1.29 is 0 Å². The third-order valence-electron chi connectivity index (χ3n) is 23.4. The maximum atomic E-state index is 5.13. The molecule has 0 atom stereocenters. The van der Waals surface area contributed by atoms with Crippen LogP contribution in [0.2, 0.25) is 0 Å². The van der Waals surface area contributed by atoms with E-state index in [1.807, 2.05) is 42.7 Å². The van der Waals surface area contributed by atoms with Crippen LogP contribution in [0.5, 0.6) is 0 Å². The summed E-state index contributed by atoms with van der Waals surface area (Å²) in [4.78, 5) is 21.9. The summed E-state index contributed by atoms with van der Waals surface area (Å²) in [7, 11) is 0. The van der Waals surface area contributed by atoms with Crippen molar-refractivity contribution in [2.75, 3.05) is 4.90 Å². The van der Waals surface area contributed by atoms with Gasteiger partial charge in [-0.25, -0.2) is 9.97 Å². The summed E-state index contributed by atoms with van der Waals surface area (Å²) in [6, 6.07) is 131. The van der Waals surface area contributed by atoms with Crippen LogP contribution in [-0.2, 0) is 5.41 Å². The first-order valence-corrected chi connectivity index (χ1v) is 38.6. The number of hydrogen-bond acceptors (Lipinski definition) is 5. The molecule has 530 valence electrons. The van der Waals surface area contributed by atoms with Crippen LogP contribution in [0.4, 0.5) is 17.1 Å². The van der Waals surface area contributed by atoms with Gasteiger partial charge >= 0.3 is 0 Å². The average molecular weight is 1440 g/mol. The van der Waals surface area contributed by atoms with E-state index in [9.17, 15) is 0 Å². The molecule has 1 aliphatic rings. The Balaban J connectivity index is 0.000000140. The van der Waals surface area contributed by atoms with E-state index in [1.165, 1.54) is 121 Å². The molecule has 0 spiro atoms. The molecule has 113 heavy (non-hydrogen) atoms. The van der Waals surface area contributed by atoms with Crippen LogP contribution < -0.4 is 4.90 Å². The highest BCUT2D eigenvalue weighted by Crippen LogP contribution is 2.51. The van der Waals surface area contributed by atoms with E-state index in [-0.39, 0.29) is 5.41 Å². The lowest BCUT2D eigenvalue weighted by molar-refractivity contribution is 0.660. The fraction of sp³-hybridized carbons (Fsp3) is 0.0286. The predicted octanol–water partition coefficient (Wildman–Crippen LogP) is 27.3. The van der Waals surface area contributed by atoms with Gasteiger partial charge < -0.3 is 9.47 Å². The van der Waals surface area contributed by atoms with Crippen LogP contribution in [0.3, 0.4) is 0 Å². The number of hydrogen-bond donors (Lipinski definition) is 0. The molecule has 15 aromatic carbocycles. The summed E-state index contributed by atoms with van der Waals surface area (Å²) in [6.07, 6.45) is 7.93. The van der Waals surface area contributed by atoms with Gasteiger partial charge in [-0.2, -0.15) is 0 Å². The molecule has 1 aliphatic carbocycles. The maximum Gasteiger partial charge on any atom is 0.137 e. The van der Waals surface area contributed by atoms with Gasteiger partial charge in [0, 0.05) is 96.4 Å². The Morgan fingerprint density at radius 2 is 0.655 bits per heavy atom. The van der Waals surface area contributed by atoms with Gasteiger partial charge in [0.1, 0.15) is 11.3 Å². The molecule has 0 bridgehead atoms. The normalized spacial score (nSPS) is 12.4. The van der Waals surface area contributed by atoms with E-state index in [0.717, 1.165) is 89.4 Å². The first-order chi connectivity index (χ1) is 55.8. The van der Waals surface area contributed by atoms with Crippen molar-refractivity contribution in [3.63, 3.8) is 0 Å². The summed E-state index contributed by atoms with van der Waals surface area (Å²) in [5.41, 5.74) is 32.1. The van der Waals surface area contributed by atoms with Crippen molar-refractivity contribution in [2.24, 2.45) is 0 Å². The zero-order valence-corrected chi connectivity index (χ0v) is 62.0. The van der Waals surface area contributed by atoms with Gasteiger partial charge in [-0.3, -0.25) is 18.8 Å². The summed E-state index contributed by atoms with van der Waals surface area (Å²) < 4.78 is 6.79. The van der Waals surface area contributed by atoms with Crippen molar-refractivity contribution in [1.29, 1.82) is 0 Å². The molecule has 0 fully saturated rings. The second-order valence-corrected chi connectivity index (χ2v) is 30.1. The Kier molecular flexibility index (Phi) is 15.1. The van der Waals surface area contributed by atoms with Crippen LogP contribution in [0.1, 0.15) is 25.0 Å². The Hall–Kier alpha value is -14.9. The molecule has 0 aliphatic heterocycles. The lowest BCUT2D eigenvalue weighted by atomic mass is 9.82. The molecule has 7 heterocycles. The van der Waals surface area contributed by atoms with E-state index in [0.29, 0.717) is 0 Å². The zero-order valence-electron chi connectivity index (χ0n) is 62.0. The molecule has 0 N–H and O–H groups in total. The third kappa shape index (κ3) is 10.8. The number of fused-ring (bicyclic) bond motifs is 22. The van der Waals surface area contributed by atoms with E-state index in [4.69, 9.17) is 9.97 Å². The topological polar surface area (TPSA) is 68.6 Å². The van der Waals surface area contributed by atoms with E-state index < -0.39 is 0 Å². The lowest BCUT2D eigenvalue weighted by Crippen LogP contribution is -2.16. The van der Waals surface area contributed by atoms with Crippen LogP contribution in [0.25, 0.3) is 182 Å². The van der Waals surface area contributed by atoms with Crippen molar-refractivity contribution in [3.8, 4) is 83.8 Å². The third-order valence-corrected chi connectivity index (χ3v) is 23.4. The van der Waals surface area contributed by atoms with Gasteiger partial charge in [0.25, 0.3) is 0 Å². The standard InChI is InChI=1S/C57H40N4.C48H30N4/c1-57(2)51-15-7-6-14-45(51)46-31-28-44(36-52(46)57)61(42-12-4-3-5-13-42)43-26-22-38(23-27-43)37-18-20-39(21-19-37)40-24-30-48-50(34-40)49-35-41(53-16-8-10-32-58-53)25-29-47(49)55-56(48)60-33-11-9-17-54(60)59-55;1-3-12-44-37(9-1)38-10-2-4-13-45(38)52(44)36-23-19-32(20-24-36)31-15-17-33(18-16-31)34-21-26-40-42(29-34)41-30-35(43-11-5-7-27-49-43)22-25-39(41)47-48(40)51-28-8-6-14-46(51)50-47/h3-36H,1-2H3;1-30H. The molecule has 0 saturated carbocycles. The Morgan fingerprint density at radius 3 is 1.18 bits per heavy atom. The van der Waals surface area contributed by atoms with Crippen LogP contribution in [0, 0.1) is 0 Å². The minimum Gasteiger partial charge on any atom is -0.310 e. The largest absolute Gasteiger partial charge is 0.310 e. The summed E-state index contributed by atoms with van der Waals surface area (Å²) in [5.74, 6) is 0. The number of nitrogens with zero attached hydrogens (tertiary/aromatic N) is 8. The SMILES string of the molecule is CC1(C)c2ccccc2-c2ccc(N(c3ccccc3)c3ccc(-c4ccc(-c5ccc6c(c5)c5cc(-c7ccccn7)ccc5c5nc7ccccn7c65)cc4)cc3)cc21.c1ccc(-c2ccc3c(c2)c2cc(-c4ccc(-c5ccc(-n6c7ccccc7c7ccccc76)cc5)cc4)ccc2c2c3nc3ccccn32)nc1. The van der Waals surface area contributed by atoms with Gasteiger partial charge in [-0.1, -0.05) is 244 Å². The number of rotatable bonds is 10. The van der Waals surface area contributed by atoms with Crippen LogP contribution in [0.15, 0.2) is 389 Å². The van der Waals surface area contributed by atoms with E-state index in [1.54, 1.807) is 0 Å². The Bertz CT molecular complexity index is 7480. The van der Waals surface area contributed by atoms with Crippen molar-refractivity contribution in [1.82, 2.24) is 33.3 Å². The molecular weight excluding hydrogens is 1370 g/mol. The van der Waals surface area contributed by atoms with Crippen LogP contribution >= 0.6 is 0 Å². The van der Waals surface area contributed by atoms with Gasteiger partial charge in [0.15, 0.2) is 0 Å². The van der Waals surface area contributed by atoms with Gasteiger partial charge in [0.2, 0.25) is 0 Å². The molecule has 8 nitrogen and oxygen atoms in total. The lowest BCUT2D eigenvalue weighted by Gasteiger charge is -2.28. The molecule has 8 heteroatoms. The minimum atomic E-state index is -0.0773. The number of imidazole rings is 2. The fourth-order valence-electron chi connectivity index (χ4n) is 17.9. The van der Waals surface area contributed by atoms with Gasteiger partial charge in [-0.05, 0) is 222 Å². The molecule has 0 saturated heterocycles. The second-order valence-electron chi connectivity index (χ2n) is 30.1. The number of benzene rings is 15. The smallest absolute Gasteiger partial charge is 0.137 e. The number of para-hydroxylation sites is 3. The number of aromatic nitrogens is 7. The molecule has 23 rings (SSSR count). The first-order valence-electron chi connectivity index (χ1n) is 38.6. The van der Waals surface area contributed by atoms with Gasteiger partial charge in [-0.15, -0.1) is 0 Å². The monoisotopic (exact) mass is 1440 g/mol. The molecule has 0 unspecified atom stereocenters. The molecule has 0 amide bonds. The molecule has 7 aromatic heterocycles. The minimum absolute atomic E-state index is 0.0773. The number of pyridine rings is 4. The summed E-state index contributed by atoms with van der Waals surface area (Å²) in [6.45, 7) is 4.69. The molecular formula is C105H70N8. The highest BCUT2D eigenvalue weighted by atomic mass is 15.1. The van der Waals surface area contributed by atoms with E-state index >= 15 is 0 Å². The Labute approximate surface area is 652 Å². The predicted molar refractivity (Wildman–Crippen MR) is 470 cm³/mol. The number of anilines is 3. The first kappa shape index (κ1) is 65.2. The highest BCUT2D eigenvalue weighted by molar-refractivity contribution is 6.26.